The van der Waals surface area contributed by atoms with Crippen LogP contribution in [-0.4, -0.2) is 55.6 Å². The highest BCUT2D eigenvalue weighted by molar-refractivity contribution is 7.89. The van der Waals surface area contributed by atoms with Crippen LogP contribution in [0.4, 0.5) is 0 Å². The van der Waals surface area contributed by atoms with Gasteiger partial charge < -0.3 is 25.9 Å². The molecule has 0 spiro atoms. The third-order valence-corrected chi connectivity index (χ3v) is 7.85. The van der Waals surface area contributed by atoms with Gasteiger partial charge in [0.1, 0.15) is 5.69 Å². The number of benzene rings is 2. The Morgan fingerprint density at radius 3 is 2.44 bits per heavy atom. The Kier molecular flexibility index (Phi) is 7.74. The normalized spacial score (nSPS) is 16.5. The minimum atomic E-state index is -4.31. The van der Waals surface area contributed by atoms with Gasteiger partial charge in [0.15, 0.2) is 11.4 Å². The van der Waals surface area contributed by atoms with Crippen LogP contribution in [-0.2, 0) is 14.8 Å². The van der Waals surface area contributed by atoms with Gasteiger partial charge in [0.2, 0.25) is 15.8 Å². The molecule has 0 bridgehead atoms. The number of aromatic nitrogens is 1. The number of carboxylic acids is 1. The highest BCUT2D eigenvalue weighted by Gasteiger charge is 2.43. The summed E-state index contributed by atoms with van der Waals surface area (Å²) < 4.78 is 34.2. The topological polar surface area (TPSA) is 164 Å². The lowest BCUT2D eigenvalue weighted by molar-refractivity contribution is -0.138. The summed E-state index contributed by atoms with van der Waals surface area (Å²) in [7, 11) is -4.31. The van der Waals surface area contributed by atoms with Gasteiger partial charge in [-0.2, -0.15) is 4.72 Å². The van der Waals surface area contributed by atoms with Gasteiger partial charge in [-0.3, -0.25) is 9.59 Å². The number of carbonyl (C=O) groups excluding carboxylic acids is 1. The van der Waals surface area contributed by atoms with Crippen molar-refractivity contribution in [1.29, 1.82) is 0 Å². The van der Waals surface area contributed by atoms with Crippen molar-refractivity contribution in [2.45, 2.75) is 36.2 Å². The van der Waals surface area contributed by atoms with E-state index < -0.39 is 33.9 Å². The number of aromatic amines is 1. The van der Waals surface area contributed by atoms with E-state index in [1.165, 1.54) is 24.3 Å². The summed E-state index contributed by atoms with van der Waals surface area (Å²) in [5.74, 6) is -1.65. The fourth-order valence-electron chi connectivity index (χ4n) is 4.45. The first-order chi connectivity index (χ1) is 17.2. The molecule has 1 aliphatic heterocycles. The molecule has 0 unspecified atom stereocenters. The van der Waals surface area contributed by atoms with Crippen LogP contribution < -0.4 is 20.5 Å². The van der Waals surface area contributed by atoms with Gasteiger partial charge in [0.25, 0.3) is 0 Å². The number of carboxylic acid groups (broad SMARTS) is 1. The quantitative estimate of drug-likeness (QED) is 0.192. The number of sulfonamides is 1. The van der Waals surface area contributed by atoms with Crippen LogP contribution in [0.25, 0.3) is 10.9 Å². The van der Waals surface area contributed by atoms with Gasteiger partial charge in [-0.15, -0.1) is 0 Å². The van der Waals surface area contributed by atoms with Gasteiger partial charge in [-0.25, -0.2) is 8.42 Å². The molecular weight excluding hydrogens is 484 g/mol. The molecule has 1 saturated heterocycles. The molecule has 10 nitrogen and oxygen atoms in total. The third-order valence-electron chi connectivity index (χ3n) is 6.32. The average Bonchev–Trinajstić information content (AvgIpc) is 3.22. The lowest BCUT2D eigenvalue weighted by Crippen LogP contribution is -2.62. The van der Waals surface area contributed by atoms with Crippen molar-refractivity contribution in [3.63, 3.8) is 0 Å². The molecule has 1 aliphatic rings. The van der Waals surface area contributed by atoms with Crippen LogP contribution in [0, 0.1) is 5.92 Å². The predicted molar refractivity (Wildman–Crippen MR) is 134 cm³/mol. The molecule has 3 aromatic rings. The Labute approximate surface area is 209 Å². The zero-order valence-corrected chi connectivity index (χ0v) is 20.5. The number of aliphatic carboxylic acids is 1. The SMILES string of the molecule is N[C@@](CC(=O)O)(NS(=O)(=O)c1ccccc1)C(=O)c1[nH]c2ccccc2c1OCCC1CCNCC1. The van der Waals surface area contributed by atoms with E-state index in [-0.39, 0.29) is 16.3 Å². The van der Waals surface area contributed by atoms with Crippen LogP contribution in [0.5, 0.6) is 5.75 Å². The number of carbonyl (C=O) groups is 2. The predicted octanol–water partition coefficient (Wildman–Crippen LogP) is 2.23. The number of hydrogen-bond acceptors (Lipinski definition) is 7. The molecule has 1 aromatic heterocycles. The van der Waals surface area contributed by atoms with Gasteiger partial charge in [0, 0.05) is 10.9 Å². The summed E-state index contributed by atoms with van der Waals surface area (Å²) in [6.45, 7) is 2.25. The number of ketones is 1. The Balaban J connectivity index is 1.66. The van der Waals surface area contributed by atoms with Crippen molar-refractivity contribution in [3.8, 4) is 5.75 Å². The minimum absolute atomic E-state index is 0.0824. The number of H-pyrrole nitrogens is 1. The fourth-order valence-corrected chi connectivity index (χ4v) is 5.72. The molecule has 2 heterocycles. The summed E-state index contributed by atoms with van der Waals surface area (Å²) >= 11 is 0. The van der Waals surface area contributed by atoms with Crippen molar-refractivity contribution in [2.24, 2.45) is 11.7 Å². The first-order valence-corrected chi connectivity index (χ1v) is 13.3. The number of ether oxygens (including phenoxy) is 1. The largest absolute Gasteiger partial charge is 0.491 e. The zero-order chi connectivity index (χ0) is 25.8. The van der Waals surface area contributed by atoms with Crippen LogP contribution in [0.1, 0.15) is 36.2 Å². The summed E-state index contributed by atoms with van der Waals surface area (Å²) in [5, 5.41) is 13.4. The minimum Gasteiger partial charge on any atom is -0.491 e. The Morgan fingerprint density at radius 1 is 1.08 bits per heavy atom. The molecule has 0 radical (unpaired) electrons. The number of piperidine rings is 1. The molecule has 0 amide bonds. The fraction of sp³-hybridized carbons (Fsp3) is 0.360. The van der Waals surface area contributed by atoms with Crippen molar-refractivity contribution >= 4 is 32.7 Å². The molecule has 0 saturated carbocycles. The maximum absolute atomic E-state index is 13.7. The highest BCUT2D eigenvalue weighted by Crippen LogP contribution is 2.33. The highest BCUT2D eigenvalue weighted by atomic mass is 32.2. The van der Waals surface area contributed by atoms with Crippen LogP contribution >= 0.6 is 0 Å². The zero-order valence-electron chi connectivity index (χ0n) is 19.7. The van der Waals surface area contributed by atoms with Crippen molar-refractivity contribution in [1.82, 2.24) is 15.0 Å². The second-order valence-electron chi connectivity index (χ2n) is 8.99. The molecule has 2 aromatic carbocycles. The molecule has 0 aliphatic carbocycles. The van der Waals surface area contributed by atoms with E-state index in [0.717, 1.165) is 32.4 Å². The molecular formula is C25H30N4O6S. The lowest BCUT2D eigenvalue weighted by Gasteiger charge is -2.27. The standard InChI is InChI=1S/C25H30N4O6S/c26-25(16-21(30)31,29-36(33,34)18-6-2-1-3-7-18)24(32)22-23(19-8-4-5-9-20(19)28-22)35-15-12-17-10-13-27-14-11-17/h1-9,17,27-29H,10-16,26H2,(H,30,31)/t25-/m0/s1. The first kappa shape index (κ1) is 25.8. The molecule has 11 heteroatoms. The summed E-state index contributed by atoms with van der Waals surface area (Å²) in [6, 6.07) is 14.4. The Bertz CT molecular complexity index is 1340. The molecule has 6 N–H and O–H groups in total. The van der Waals surface area contributed by atoms with Gasteiger partial charge in [-0.1, -0.05) is 30.3 Å². The molecule has 1 atom stereocenters. The number of fused-ring (bicyclic) bond motifs is 1. The Morgan fingerprint density at radius 2 is 1.75 bits per heavy atom. The summed E-state index contributed by atoms with van der Waals surface area (Å²) in [6.07, 6.45) is 1.89. The number of nitrogens with one attached hydrogen (secondary N) is 3. The van der Waals surface area contributed by atoms with Gasteiger partial charge in [0.05, 0.1) is 17.9 Å². The van der Waals surface area contributed by atoms with Gasteiger partial charge >= 0.3 is 5.97 Å². The number of rotatable bonds is 11. The van der Waals surface area contributed by atoms with E-state index >= 15 is 0 Å². The number of Topliss-reactive ketones (excluding diaryl/α,β-unsaturated/α-hetero) is 1. The average molecular weight is 515 g/mol. The smallest absolute Gasteiger partial charge is 0.307 e. The lowest BCUT2D eigenvalue weighted by atomic mass is 9.95. The molecule has 4 rings (SSSR count). The van der Waals surface area contributed by atoms with E-state index in [9.17, 15) is 23.1 Å². The summed E-state index contributed by atoms with van der Waals surface area (Å²) in [5.41, 5.74) is 4.27. The van der Waals surface area contributed by atoms with E-state index in [1.807, 2.05) is 0 Å². The molecule has 192 valence electrons. The van der Waals surface area contributed by atoms with E-state index in [2.05, 4.69) is 15.0 Å². The maximum Gasteiger partial charge on any atom is 0.307 e. The molecule has 36 heavy (non-hydrogen) atoms. The van der Waals surface area contributed by atoms with E-state index in [0.29, 0.717) is 23.4 Å². The van der Waals surface area contributed by atoms with Crippen LogP contribution in [0.15, 0.2) is 59.5 Å². The first-order valence-electron chi connectivity index (χ1n) is 11.8. The second kappa shape index (κ2) is 10.8. The van der Waals surface area contributed by atoms with Crippen molar-refractivity contribution in [3.05, 3.63) is 60.3 Å². The molecule has 1 fully saturated rings. The number of para-hydroxylation sites is 1. The number of nitrogens with two attached hydrogens (primary N) is 1. The van der Waals surface area contributed by atoms with E-state index in [1.54, 1.807) is 30.3 Å². The van der Waals surface area contributed by atoms with Gasteiger partial charge in [-0.05, 0) is 62.5 Å². The Hall–Kier alpha value is -3.25. The maximum atomic E-state index is 13.7. The number of hydrogen-bond donors (Lipinski definition) is 5. The van der Waals surface area contributed by atoms with Crippen LogP contribution in [0.2, 0.25) is 0 Å². The van der Waals surface area contributed by atoms with Crippen molar-refractivity contribution in [2.75, 3.05) is 19.7 Å². The van der Waals surface area contributed by atoms with Crippen molar-refractivity contribution < 1.29 is 27.9 Å². The summed E-state index contributed by atoms with van der Waals surface area (Å²) in [4.78, 5) is 28.2. The van der Waals surface area contributed by atoms with Crippen LogP contribution in [0.3, 0.4) is 0 Å². The monoisotopic (exact) mass is 514 g/mol. The second-order valence-corrected chi connectivity index (χ2v) is 10.7. The third kappa shape index (κ3) is 5.76. The van der Waals surface area contributed by atoms with E-state index in [4.69, 9.17) is 10.5 Å².